The van der Waals surface area contributed by atoms with Crippen LogP contribution in [-0.4, -0.2) is 9.97 Å². The Morgan fingerprint density at radius 1 is 0.423 bits per heavy atom. The van der Waals surface area contributed by atoms with Crippen LogP contribution < -0.4 is 0 Å². The molecule has 0 radical (unpaired) electrons. The van der Waals surface area contributed by atoms with Gasteiger partial charge >= 0.3 is 0 Å². The SMILES string of the molecule is CC1(C)c2ccccc2-c2ccc(-c3cccc4c3sc3c(-c5cccc(-c6cnc7c8ccccc8c8ccccc8c7n6)c5)cccc34)cc21. The van der Waals surface area contributed by atoms with Crippen molar-refractivity contribution in [3.8, 4) is 44.6 Å². The van der Waals surface area contributed by atoms with E-state index >= 15 is 0 Å². The molecule has 0 atom stereocenters. The van der Waals surface area contributed by atoms with Crippen LogP contribution >= 0.6 is 11.3 Å². The van der Waals surface area contributed by atoms with Crippen LogP contribution in [0.15, 0.2) is 158 Å². The summed E-state index contributed by atoms with van der Waals surface area (Å²) in [5.41, 5.74) is 14.3. The van der Waals surface area contributed by atoms with Crippen LogP contribution in [0.25, 0.3) is 97.4 Å². The summed E-state index contributed by atoms with van der Waals surface area (Å²) in [5, 5.41) is 7.27. The molecule has 0 bridgehead atoms. The zero-order chi connectivity index (χ0) is 34.6. The van der Waals surface area contributed by atoms with Crippen LogP contribution in [0.2, 0.25) is 0 Å². The molecule has 11 rings (SSSR count). The average Bonchev–Trinajstić information content (AvgIpc) is 3.70. The lowest BCUT2D eigenvalue weighted by Crippen LogP contribution is -2.14. The summed E-state index contributed by atoms with van der Waals surface area (Å²) in [4.78, 5) is 10.3. The molecule has 0 N–H and O–H groups in total. The van der Waals surface area contributed by atoms with Gasteiger partial charge in [-0.05, 0) is 67.4 Å². The molecule has 10 aromatic rings. The standard InChI is InChI=1S/C49H32N2S/c1-49(2)42-23-8-7-16-36(42)37-25-24-30(27-43(37)49)33-20-11-22-41-40-21-10-19-32(47(40)52-48(33)41)29-12-9-13-31(26-29)44-28-50-45-38-17-5-3-14-34(38)35-15-4-6-18-39(35)46(45)51-44/h3-28H,1-2H3. The van der Waals surface area contributed by atoms with Crippen LogP contribution in [0, 0.1) is 0 Å². The summed E-state index contributed by atoms with van der Waals surface area (Å²) in [7, 11) is 0. The quantitative estimate of drug-likeness (QED) is 0.174. The minimum absolute atomic E-state index is 0.0372. The van der Waals surface area contributed by atoms with Gasteiger partial charge in [0.25, 0.3) is 0 Å². The van der Waals surface area contributed by atoms with E-state index < -0.39 is 0 Å². The van der Waals surface area contributed by atoms with Crippen molar-refractivity contribution in [3.05, 3.63) is 169 Å². The first-order chi connectivity index (χ1) is 25.5. The van der Waals surface area contributed by atoms with Crippen molar-refractivity contribution in [2.24, 2.45) is 0 Å². The molecule has 0 fully saturated rings. The van der Waals surface area contributed by atoms with Crippen molar-refractivity contribution < 1.29 is 0 Å². The Hall–Kier alpha value is -6.16. The molecule has 1 aliphatic rings. The van der Waals surface area contributed by atoms with E-state index in [0.29, 0.717) is 0 Å². The summed E-state index contributed by atoms with van der Waals surface area (Å²) in [6, 6.07) is 55.3. The van der Waals surface area contributed by atoms with Gasteiger partial charge in [-0.25, -0.2) is 4.98 Å². The highest BCUT2D eigenvalue weighted by Gasteiger charge is 2.35. The van der Waals surface area contributed by atoms with Gasteiger partial charge in [0.2, 0.25) is 0 Å². The third-order valence-electron chi connectivity index (χ3n) is 11.3. The van der Waals surface area contributed by atoms with E-state index in [1.54, 1.807) is 0 Å². The number of rotatable bonds is 3. The number of hydrogen-bond donors (Lipinski definition) is 0. The van der Waals surface area contributed by atoms with E-state index in [2.05, 4.69) is 166 Å². The summed E-state index contributed by atoms with van der Waals surface area (Å²) in [6.45, 7) is 4.71. The highest BCUT2D eigenvalue weighted by atomic mass is 32.1. The fraction of sp³-hybridized carbons (Fsp3) is 0.0612. The third-order valence-corrected chi connectivity index (χ3v) is 12.6. The van der Waals surface area contributed by atoms with Gasteiger partial charge in [0.05, 0.1) is 22.9 Å². The summed E-state index contributed by atoms with van der Waals surface area (Å²) in [5.74, 6) is 0. The van der Waals surface area contributed by atoms with Crippen LogP contribution in [0.3, 0.4) is 0 Å². The van der Waals surface area contributed by atoms with Crippen molar-refractivity contribution in [2.45, 2.75) is 19.3 Å². The van der Waals surface area contributed by atoms with Crippen molar-refractivity contribution in [1.29, 1.82) is 0 Å². The number of thiophene rings is 1. The van der Waals surface area contributed by atoms with Crippen molar-refractivity contribution >= 4 is 64.1 Å². The van der Waals surface area contributed by atoms with Gasteiger partial charge in [-0.15, -0.1) is 11.3 Å². The molecule has 0 spiro atoms. The maximum atomic E-state index is 5.29. The molecule has 2 nitrogen and oxygen atoms in total. The largest absolute Gasteiger partial charge is 0.252 e. The van der Waals surface area contributed by atoms with Gasteiger partial charge < -0.3 is 0 Å². The fourth-order valence-electron chi connectivity index (χ4n) is 8.75. The van der Waals surface area contributed by atoms with Crippen molar-refractivity contribution in [1.82, 2.24) is 9.97 Å². The molecule has 3 heteroatoms. The van der Waals surface area contributed by atoms with Gasteiger partial charge in [0, 0.05) is 41.9 Å². The Kier molecular flexibility index (Phi) is 6.21. The maximum Gasteiger partial charge on any atom is 0.0979 e. The predicted molar refractivity (Wildman–Crippen MR) is 221 cm³/mol. The first-order valence-electron chi connectivity index (χ1n) is 17.9. The molecule has 0 saturated heterocycles. The van der Waals surface area contributed by atoms with Crippen molar-refractivity contribution in [3.63, 3.8) is 0 Å². The van der Waals surface area contributed by atoms with E-state index in [1.807, 2.05) is 17.5 Å². The van der Waals surface area contributed by atoms with Crippen LogP contribution in [0.5, 0.6) is 0 Å². The molecule has 1 aliphatic carbocycles. The highest BCUT2D eigenvalue weighted by Crippen LogP contribution is 2.51. The molecule has 0 amide bonds. The molecule has 244 valence electrons. The fourth-order valence-corrected chi connectivity index (χ4v) is 10.1. The molecule has 0 unspecified atom stereocenters. The van der Waals surface area contributed by atoms with E-state index in [-0.39, 0.29) is 5.41 Å². The zero-order valence-corrected chi connectivity index (χ0v) is 29.6. The number of hydrogen-bond acceptors (Lipinski definition) is 3. The van der Waals surface area contributed by atoms with Gasteiger partial charge in [-0.3, -0.25) is 4.98 Å². The molecule has 52 heavy (non-hydrogen) atoms. The number of benzene rings is 8. The average molecular weight is 681 g/mol. The molecule has 2 aromatic heterocycles. The van der Waals surface area contributed by atoms with Crippen LogP contribution in [-0.2, 0) is 5.41 Å². The second-order valence-electron chi connectivity index (χ2n) is 14.5. The molecule has 0 saturated carbocycles. The lowest BCUT2D eigenvalue weighted by molar-refractivity contribution is 0.660. The van der Waals surface area contributed by atoms with E-state index in [4.69, 9.17) is 9.97 Å². The zero-order valence-electron chi connectivity index (χ0n) is 28.8. The normalized spacial score (nSPS) is 13.3. The topological polar surface area (TPSA) is 25.8 Å². The number of fused-ring (bicyclic) bond motifs is 12. The molecule has 8 aromatic carbocycles. The molecule has 0 aliphatic heterocycles. The second-order valence-corrected chi connectivity index (χ2v) is 15.5. The van der Waals surface area contributed by atoms with Crippen LogP contribution in [0.4, 0.5) is 0 Å². The summed E-state index contributed by atoms with van der Waals surface area (Å²) >= 11 is 1.90. The predicted octanol–water partition coefficient (Wildman–Crippen LogP) is 13.6. The van der Waals surface area contributed by atoms with Gasteiger partial charge in [0.15, 0.2) is 0 Å². The van der Waals surface area contributed by atoms with Gasteiger partial charge in [-0.1, -0.05) is 153 Å². The van der Waals surface area contributed by atoms with Crippen LogP contribution in [0.1, 0.15) is 25.0 Å². The van der Waals surface area contributed by atoms with E-state index in [0.717, 1.165) is 33.1 Å². The molecular weight excluding hydrogens is 649 g/mol. The number of nitrogens with zero attached hydrogens (tertiary/aromatic N) is 2. The summed E-state index contributed by atoms with van der Waals surface area (Å²) in [6.07, 6.45) is 1.94. The monoisotopic (exact) mass is 680 g/mol. The summed E-state index contributed by atoms with van der Waals surface area (Å²) < 4.78 is 2.63. The first-order valence-corrected chi connectivity index (χ1v) is 18.7. The Bertz CT molecular complexity index is 3080. The highest BCUT2D eigenvalue weighted by molar-refractivity contribution is 7.26. The van der Waals surface area contributed by atoms with Gasteiger partial charge in [-0.2, -0.15) is 0 Å². The Morgan fingerprint density at radius 2 is 0.962 bits per heavy atom. The third kappa shape index (κ3) is 4.17. The lowest BCUT2D eigenvalue weighted by atomic mass is 9.81. The Balaban J connectivity index is 1.04. The minimum Gasteiger partial charge on any atom is -0.252 e. The molecule has 2 heterocycles. The van der Waals surface area contributed by atoms with E-state index in [1.165, 1.54) is 75.5 Å². The smallest absolute Gasteiger partial charge is 0.0979 e. The second kappa shape index (κ2) is 10.9. The van der Waals surface area contributed by atoms with Gasteiger partial charge in [0.1, 0.15) is 0 Å². The maximum absolute atomic E-state index is 5.29. The molecular formula is C49H32N2S. The lowest BCUT2D eigenvalue weighted by Gasteiger charge is -2.22. The minimum atomic E-state index is -0.0372. The Morgan fingerprint density at radius 3 is 1.69 bits per heavy atom. The number of aromatic nitrogens is 2. The first kappa shape index (κ1) is 29.6. The van der Waals surface area contributed by atoms with E-state index in [9.17, 15) is 0 Å². The Labute approximate surface area is 305 Å². The van der Waals surface area contributed by atoms with Crippen molar-refractivity contribution in [2.75, 3.05) is 0 Å².